The quantitative estimate of drug-likeness (QED) is 0.772. The highest BCUT2D eigenvalue weighted by Crippen LogP contribution is 2.30. The molecule has 4 rings (SSSR count). The first-order chi connectivity index (χ1) is 12.5. The first-order valence-corrected chi connectivity index (χ1v) is 9.46. The molecule has 2 aromatic heterocycles. The number of carbonyl (C=O) groups excluding carboxylic acids is 2. The fourth-order valence-corrected chi connectivity index (χ4v) is 4.56. The summed E-state index contributed by atoms with van der Waals surface area (Å²) in [6.45, 7) is 2.55. The molecule has 0 aliphatic carbocycles. The normalized spacial score (nSPS) is 17.0. The number of carbonyl (C=O) groups is 2. The van der Waals surface area contributed by atoms with E-state index in [0.717, 1.165) is 28.0 Å². The lowest BCUT2D eigenvalue weighted by Crippen LogP contribution is -2.42. The molecule has 1 unspecified atom stereocenters. The Labute approximate surface area is 155 Å². The monoisotopic (exact) mass is 368 g/mol. The van der Waals surface area contributed by atoms with Gasteiger partial charge in [0.15, 0.2) is 0 Å². The van der Waals surface area contributed by atoms with Crippen LogP contribution in [0.5, 0.6) is 0 Å². The summed E-state index contributed by atoms with van der Waals surface area (Å²) in [5.74, 6) is -0.197. The van der Waals surface area contributed by atoms with Crippen LogP contribution in [-0.4, -0.2) is 39.1 Å². The maximum Gasteiger partial charge on any atom is 0.264 e. The summed E-state index contributed by atoms with van der Waals surface area (Å²) in [5, 5.41) is 8.30. The Balaban J connectivity index is 1.56. The highest BCUT2D eigenvalue weighted by Gasteiger charge is 2.35. The average Bonchev–Trinajstić information content (AvgIpc) is 3.33. The van der Waals surface area contributed by atoms with Crippen molar-refractivity contribution in [3.05, 3.63) is 47.0 Å². The van der Waals surface area contributed by atoms with Gasteiger partial charge >= 0.3 is 0 Å². The summed E-state index contributed by atoms with van der Waals surface area (Å²) in [7, 11) is 1.88. The van der Waals surface area contributed by atoms with Gasteiger partial charge in [0.05, 0.1) is 10.6 Å². The van der Waals surface area contributed by atoms with Gasteiger partial charge in [0.25, 0.3) is 5.91 Å². The predicted molar refractivity (Wildman–Crippen MR) is 102 cm³/mol. The predicted octanol–water partition coefficient (Wildman–Crippen LogP) is 3.19. The van der Waals surface area contributed by atoms with E-state index >= 15 is 0 Å². The minimum Gasteiger partial charge on any atom is -0.326 e. The zero-order valence-electron chi connectivity index (χ0n) is 14.7. The van der Waals surface area contributed by atoms with Crippen LogP contribution in [0.1, 0.15) is 28.2 Å². The van der Waals surface area contributed by atoms with Crippen LogP contribution < -0.4 is 5.32 Å². The van der Waals surface area contributed by atoms with Crippen molar-refractivity contribution in [2.75, 3.05) is 11.9 Å². The lowest BCUT2D eigenvalue weighted by molar-refractivity contribution is -0.119. The van der Waals surface area contributed by atoms with Crippen molar-refractivity contribution < 1.29 is 9.59 Å². The number of thiophene rings is 1. The minimum atomic E-state index is -0.424. The van der Waals surface area contributed by atoms with Crippen LogP contribution in [-0.2, 0) is 11.8 Å². The van der Waals surface area contributed by atoms with E-state index in [-0.39, 0.29) is 11.8 Å². The Hall–Kier alpha value is -2.67. The topological polar surface area (TPSA) is 67.2 Å². The molecule has 26 heavy (non-hydrogen) atoms. The number of para-hydroxylation sites is 1. The Morgan fingerprint density at radius 3 is 2.77 bits per heavy atom. The number of aryl methyl sites for hydroxylation is 2. The van der Waals surface area contributed by atoms with Gasteiger partial charge in [0.1, 0.15) is 10.9 Å². The van der Waals surface area contributed by atoms with Gasteiger partial charge in [-0.15, -0.1) is 11.3 Å². The Bertz CT molecular complexity index is 942. The number of nitrogens with one attached hydrogen (secondary N) is 1. The average molecular weight is 368 g/mol. The van der Waals surface area contributed by atoms with E-state index in [0.29, 0.717) is 17.8 Å². The maximum absolute atomic E-state index is 13.0. The van der Waals surface area contributed by atoms with Gasteiger partial charge in [-0.2, -0.15) is 5.10 Å². The SMILES string of the molecule is Cc1nn(C)c2sc(C(=O)N3CCCC3C(=O)Nc3ccccc3)cc12. The number of amides is 2. The minimum absolute atomic E-state index is 0.0729. The van der Waals surface area contributed by atoms with Gasteiger partial charge in [0, 0.05) is 24.7 Å². The van der Waals surface area contributed by atoms with E-state index in [1.165, 1.54) is 11.3 Å². The van der Waals surface area contributed by atoms with Crippen LogP contribution in [0.4, 0.5) is 5.69 Å². The molecule has 134 valence electrons. The molecule has 1 fully saturated rings. The maximum atomic E-state index is 13.0. The van der Waals surface area contributed by atoms with Gasteiger partial charge in [-0.3, -0.25) is 14.3 Å². The zero-order chi connectivity index (χ0) is 18.3. The lowest BCUT2D eigenvalue weighted by Gasteiger charge is -2.23. The van der Waals surface area contributed by atoms with Gasteiger partial charge < -0.3 is 10.2 Å². The van der Waals surface area contributed by atoms with E-state index in [2.05, 4.69) is 10.4 Å². The van der Waals surface area contributed by atoms with Crippen LogP contribution in [0.15, 0.2) is 36.4 Å². The molecular weight excluding hydrogens is 348 g/mol. The number of likely N-dealkylation sites (tertiary alicyclic amines) is 1. The smallest absolute Gasteiger partial charge is 0.264 e. The first kappa shape index (κ1) is 16.8. The summed E-state index contributed by atoms with van der Waals surface area (Å²) >= 11 is 1.43. The van der Waals surface area contributed by atoms with Crippen LogP contribution in [0.3, 0.4) is 0 Å². The third kappa shape index (κ3) is 2.88. The molecular formula is C19H20N4O2S. The van der Waals surface area contributed by atoms with Crippen molar-refractivity contribution in [3.8, 4) is 0 Å². The van der Waals surface area contributed by atoms with Crippen molar-refractivity contribution in [1.82, 2.24) is 14.7 Å². The summed E-state index contributed by atoms with van der Waals surface area (Å²) in [5.41, 5.74) is 1.66. The molecule has 0 saturated carbocycles. The largest absolute Gasteiger partial charge is 0.326 e. The number of anilines is 1. The van der Waals surface area contributed by atoms with Gasteiger partial charge in [-0.1, -0.05) is 18.2 Å². The number of nitrogens with zero attached hydrogens (tertiary/aromatic N) is 3. The van der Waals surface area contributed by atoms with E-state index < -0.39 is 6.04 Å². The Morgan fingerprint density at radius 1 is 1.27 bits per heavy atom. The molecule has 3 heterocycles. The van der Waals surface area contributed by atoms with Crippen LogP contribution in [0, 0.1) is 6.92 Å². The van der Waals surface area contributed by atoms with Gasteiger partial charge in [-0.05, 0) is 38.0 Å². The molecule has 3 aromatic rings. The summed E-state index contributed by atoms with van der Waals surface area (Å²) in [4.78, 5) is 29.1. The van der Waals surface area contributed by atoms with Crippen molar-refractivity contribution >= 4 is 39.1 Å². The van der Waals surface area contributed by atoms with E-state index in [1.807, 2.05) is 50.4 Å². The number of aromatic nitrogens is 2. The standard InChI is InChI=1S/C19H20N4O2S/c1-12-14-11-16(26-19(14)22(2)21-12)18(25)23-10-6-9-15(23)17(24)20-13-7-4-3-5-8-13/h3-5,7-8,11,15H,6,9-10H2,1-2H3,(H,20,24). The van der Waals surface area contributed by atoms with Crippen molar-refractivity contribution in [3.63, 3.8) is 0 Å². The number of fused-ring (bicyclic) bond motifs is 1. The molecule has 0 radical (unpaired) electrons. The molecule has 1 aromatic carbocycles. The first-order valence-electron chi connectivity index (χ1n) is 8.64. The zero-order valence-corrected chi connectivity index (χ0v) is 15.5. The highest BCUT2D eigenvalue weighted by molar-refractivity contribution is 7.20. The molecule has 7 heteroatoms. The van der Waals surface area contributed by atoms with Crippen molar-refractivity contribution in [2.24, 2.45) is 7.05 Å². The number of hydrogen-bond donors (Lipinski definition) is 1. The third-order valence-corrected chi connectivity index (χ3v) is 5.95. The van der Waals surface area contributed by atoms with Crippen molar-refractivity contribution in [2.45, 2.75) is 25.8 Å². The van der Waals surface area contributed by atoms with Crippen LogP contribution in [0.2, 0.25) is 0 Å². The molecule has 0 spiro atoms. The van der Waals surface area contributed by atoms with E-state index in [9.17, 15) is 9.59 Å². The fourth-order valence-electron chi connectivity index (χ4n) is 3.48. The lowest BCUT2D eigenvalue weighted by atomic mass is 10.2. The molecule has 0 bridgehead atoms. The summed E-state index contributed by atoms with van der Waals surface area (Å²) in [6, 6.07) is 10.8. The number of benzene rings is 1. The molecule has 1 atom stereocenters. The Kier molecular flexibility index (Phi) is 4.24. The second-order valence-corrected chi connectivity index (χ2v) is 7.58. The number of rotatable bonds is 3. The van der Waals surface area contributed by atoms with E-state index in [4.69, 9.17) is 0 Å². The molecule has 1 saturated heterocycles. The number of hydrogen-bond acceptors (Lipinski definition) is 4. The third-order valence-electron chi connectivity index (χ3n) is 4.76. The molecule has 1 aliphatic rings. The highest BCUT2D eigenvalue weighted by atomic mass is 32.1. The second-order valence-electron chi connectivity index (χ2n) is 6.55. The van der Waals surface area contributed by atoms with Gasteiger partial charge in [0.2, 0.25) is 5.91 Å². The molecule has 6 nitrogen and oxygen atoms in total. The molecule has 1 aliphatic heterocycles. The van der Waals surface area contributed by atoms with Crippen LogP contribution >= 0.6 is 11.3 Å². The van der Waals surface area contributed by atoms with Crippen molar-refractivity contribution in [1.29, 1.82) is 0 Å². The Morgan fingerprint density at radius 2 is 2.04 bits per heavy atom. The second kappa shape index (κ2) is 6.57. The molecule has 2 amide bonds. The van der Waals surface area contributed by atoms with Gasteiger partial charge in [-0.25, -0.2) is 0 Å². The molecule has 1 N–H and O–H groups in total. The van der Waals surface area contributed by atoms with Crippen LogP contribution in [0.25, 0.3) is 10.2 Å². The van der Waals surface area contributed by atoms with E-state index in [1.54, 1.807) is 9.58 Å². The fraction of sp³-hybridized carbons (Fsp3) is 0.316. The summed E-state index contributed by atoms with van der Waals surface area (Å²) < 4.78 is 1.80. The summed E-state index contributed by atoms with van der Waals surface area (Å²) in [6.07, 6.45) is 1.53.